The van der Waals surface area contributed by atoms with Crippen molar-refractivity contribution in [1.29, 1.82) is 0 Å². The fraction of sp³-hybridized carbons (Fsp3) is 0.300. The number of anilines is 1. The highest BCUT2D eigenvalue weighted by atomic mass is 16.5. The highest BCUT2D eigenvalue weighted by Crippen LogP contribution is 2.39. The highest BCUT2D eigenvalue weighted by molar-refractivity contribution is 6.05. The molecule has 7 nitrogen and oxygen atoms in total. The Hall–Kier alpha value is -3.22. The van der Waals surface area contributed by atoms with Crippen LogP contribution in [0.15, 0.2) is 42.7 Å². The van der Waals surface area contributed by atoms with Crippen molar-refractivity contribution in [3.63, 3.8) is 0 Å². The molecule has 0 aliphatic heterocycles. The molecular weight excluding hydrogens is 346 g/mol. The predicted molar refractivity (Wildman–Crippen MR) is 103 cm³/mol. The van der Waals surface area contributed by atoms with Crippen LogP contribution >= 0.6 is 0 Å². The van der Waals surface area contributed by atoms with Gasteiger partial charge in [0.2, 0.25) is 5.75 Å². The topological polar surface area (TPSA) is 74.1 Å². The molecular formula is C20H23N3O4. The number of nitrogens with zero attached hydrogens (tertiary/aromatic N) is 2. The number of ether oxygens (including phenoxy) is 3. The molecule has 0 saturated heterocycles. The molecule has 27 heavy (non-hydrogen) atoms. The summed E-state index contributed by atoms with van der Waals surface area (Å²) in [5, 5.41) is 7.04. The normalized spacial score (nSPS) is 10.6. The van der Waals surface area contributed by atoms with E-state index in [0.29, 0.717) is 48.3 Å². The van der Waals surface area contributed by atoms with Gasteiger partial charge >= 0.3 is 0 Å². The number of hydrogen-bond donors (Lipinski definition) is 1. The molecule has 3 aromatic rings. The quantitative estimate of drug-likeness (QED) is 0.654. The van der Waals surface area contributed by atoms with E-state index in [1.165, 1.54) is 0 Å². The van der Waals surface area contributed by atoms with Crippen molar-refractivity contribution < 1.29 is 19.0 Å². The second kappa shape index (κ2) is 8.44. The summed E-state index contributed by atoms with van der Waals surface area (Å²) in [6.07, 6.45) is 3.50. The van der Waals surface area contributed by atoms with Gasteiger partial charge in [-0.25, -0.2) is 4.52 Å². The van der Waals surface area contributed by atoms with E-state index in [2.05, 4.69) is 10.4 Å². The highest BCUT2D eigenvalue weighted by Gasteiger charge is 2.18. The number of carbonyl (C=O) groups is 1. The Morgan fingerprint density at radius 2 is 1.67 bits per heavy atom. The van der Waals surface area contributed by atoms with Gasteiger partial charge in [0.05, 0.1) is 25.3 Å². The van der Waals surface area contributed by atoms with Crippen molar-refractivity contribution in [3.8, 4) is 17.2 Å². The molecule has 7 heteroatoms. The predicted octanol–water partition coefficient (Wildman–Crippen LogP) is 3.78. The van der Waals surface area contributed by atoms with Gasteiger partial charge < -0.3 is 19.5 Å². The summed E-state index contributed by atoms with van der Waals surface area (Å²) in [5.74, 6) is 1.23. The third-order valence-corrected chi connectivity index (χ3v) is 3.83. The Kier molecular flexibility index (Phi) is 5.80. The Morgan fingerprint density at radius 3 is 2.30 bits per heavy atom. The number of nitrogens with one attached hydrogen (secondary N) is 1. The Morgan fingerprint density at radius 1 is 1.00 bits per heavy atom. The molecule has 142 valence electrons. The number of carbonyl (C=O) groups excluding carboxylic acids is 1. The van der Waals surface area contributed by atoms with E-state index in [0.717, 1.165) is 5.52 Å². The maximum atomic E-state index is 12.8. The fourth-order valence-electron chi connectivity index (χ4n) is 2.72. The molecule has 2 heterocycles. The second-order valence-corrected chi connectivity index (χ2v) is 5.67. The van der Waals surface area contributed by atoms with Crippen LogP contribution in [0.2, 0.25) is 0 Å². The van der Waals surface area contributed by atoms with Gasteiger partial charge in [0.1, 0.15) is 0 Å². The van der Waals surface area contributed by atoms with Crippen molar-refractivity contribution in [1.82, 2.24) is 9.61 Å². The summed E-state index contributed by atoms with van der Waals surface area (Å²) in [5.41, 5.74) is 2.00. The number of benzene rings is 1. The van der Waals surface area contributed by atoms with Crippen molar-refractivity contribution in [2.24, 2.45) is 0 Å². The third-order valence-electron chi connectivity index (χ3n) is 3.83. The molecule has 0 aliphatic carbocycles. The molecule has 2 aromatic heterocycles. The first-order valence-corrected chi connectivity index (χ1v) is 8.97. The summed E-state index contributed by atoms with van der Waals surface area (Å²) < 4.78 is 18.7. The fourth-order valence-corrected chi connectivity index (χ4v) is 2.72. The molecule has 0 saturated carbocycles. The van der Waals surface area contributed by atoms with E-state index >= 15 is 0 Å². The Balaban J connectivity index is 1.92. The number of aromatic nitrogens is 2. The molecule has 0 spiro atoms. The van der Waals surface area contributed by atoms with Crippen LogP contribution in [0, 0.1) is 0 Å². The molecule has 0 aliphatic rings. The van der Waals surface area contributed by atoms with Gasteiger partial charge in [0.25, 0.3) is 5.91 Å². The van der Waals surface area contributed by atoms with Crippen molar-refractivity contribution in [2.45, 2.75) is 20.8 Å². The summed E-state index contributed by atoms with van der Waals surface area (Å²) >= 11 is 0. The first kappa shape index (κ1) is 18.6. The van der Waals surface area contributed by atoms with Gasteiger partial charge in [-0.15, -0.1) is 0 Å². The number of fused-ring (bicyclic) bond motifs is 1. The third kappa shape index (κ3) is 4.13. The van der Waals surface area contributed by atoms with Crippen molar-refractivity contribution in [2.75, 3.05) is 25.1 Å². The molecule has 0 unspecified atom stereocenters. The monoisotopic (exact) mass is 369 g/mol. The molecule has 1 N–H and O–H groups in total. The molecule has 0 bridgehead atoms. The van der Waals surface area contributed by atoms with Crippen LogP contribution < -0.4 is 19.5 Å². The zero-order valence-electron chi connectivity index (χ0n) is 15.7. The Bertz CT molecular complexity index is 909. The van der Waals surface area contributed by atoms with E-state index in [1.807, 2.05) is 32.9 Å². The standard InChI is InChI=1S/C20H23N3O4/c1-4-25-17-11-14(12-18(26-5-2)19(17)27-6-3)20(24)22-15-8-10-23-16(13-15)7-9-21-23/h7-13H,4-6H2,1-3H3,(H,22,24). The van der Waals surface area contributed by atoms with Crippen molar-refractivity contribution >= 4 is 17.1 Å². The zero-order chi connectivity index (χ0) is 19.2. The minimum absolute atomic E-state index is 0.260. The lowest BCUT2D eigenvalue weighted by Gasteiger charge is -2.17. The van der Waals surface area contributed by atoms with E-state index in [4.69, 9.17) is 14.2 Å². The molecule has 1 amide bonds. The van der Waals surface area contributed by atoms with Crippen LogP contribution in [0.25, 0.3) is 5.52 Å². The van der Waals surface area contributed by atoms with Crippen LogP contribution in [0.4, 0.5) is 5.69 Å². The minimum Gasteiger partial charge on any atom is -0.490 e. The van der Waals surface area contributed by atoms with Crippen LogP contribution in [-0.4, -0.2) is 35.3 Å². The van der Waals surface area contributed by atoms with Gasteiger partial charge in [-0.2, -0.15) is 5.10 Å². The maximum Gasteiger partial charge on any atom is 0.255 e. The molecule has 3 rings (SSSR count). The average molecular weight is 369 g/mol. The van der Waals surface area contributed by atoms with Gasteiger partial charge in [0, 0.05) is 23.6 Å². The first-order valence-electron chi connectivity index (χ1n) is 8.97. The van der Waals surface area contributed by atoms with Gasteiger partial charge in [-0.1, -0.05) is 0 Å². The number of amides is 1. The largest absolute Gasteiger partial charge is 0.490 e. The summed E-state index contributed by atoms with van der Waals surface area (Å²) in [6.45, 7) is 7.02. The van der Waals surface area contributed by atoms with Gasteiger partial charge in [-0.3, -0.25) is 4.79 Å². The number of hydrogen-bond acceptors (Lipinski definition) is 5. The summed E-state index contributed by atoms with van der Waals surface area (Å²) in [6, 6.07) is 8.85. The van der Waals surface area contributed by atoms with Crippen LogP contribution in [0.5, 0.6) is 17.2 Å². The zero-order valence-corrected chi connectivity index (χ0v) is 15.7. The lowest BCUT2D eigenvalue weighted by Crippen LogP contribution is -2.13. The SMILES string of the molecule is CCOc1cc(C(=O)Nc2ccn3nccc3c2)cc(OCC)c1OCC. The van der Waals surface area contributed by atoms with E-state index in [1.54, 1.807) is 35.1 Å². The van der Waals surface area contributed by atoms with Gasteiger partial charge in [0.15, 0.2) is 11.5 Å². The summed E-state index contributed by atoms with van der Waals surface area (Å²) in [4.78, 5) is 12.8. The maximum absolute atomic E-state index is 12.8. The van der Waals surface area contributed by atoms with Gasteiger partial charge in [-0.05, 0) is 51.1 Å². The van der Waals surface area contributed by atoms with Crippen LogP contribution in [-0.2, 0) is 0 Å². The smallest absolute Gasteiger partial charge is 0.255 e. The number of pyridine rings is 1. The Labute approximate surface area is 157 Å². The molecule has 0 fully saturated rings. The molecule has 1 aromatic carbocycles. The lowest BCUT2D eigenvalue weighted by atomic mass is 10.1. The van der Waals surface area contributed by atoms with Crippen LogP contribution in [0.1, 0.15) is 31.1 Å². The lowest BCUT2D eigenvalue weighted by molar-refractivity contribution is 0.102. The van der Waals surface area contributed by atoms with Crippen LogP contribution in [0.3, 0.4) is 0 Å². The number of rotatable bonds is 8. The average Bonchev–Trinajstić information content (AvgIpc) is 3.12. The first-order chi connectivity index (χ1) is 13.2. The second-order valence-electron chi connectivity index (χ2n) is 5.67. The molecule has 0 atom stereocenters. The minimum atomic E-state index is -0.260. The van der Waals surface area contributed by atoms with Crippen molar-refractivity contribution in [3.05, 3.63) is 48.3 Å². The summed E-state index contributed by atoms with van der Waals surface area (Å²) in [7, 11) is 0. The van der Waals surface area contributed by atoms with E-state index in [9.17, 15) is 4.79 Å². The molecule has 0 radical (unpaired) electrons. The van der Waals surface area contributed by atoms with E-state index in [-0.39, 0.29) is 5.91 Å². The van der Waals surface area contributed by atoms with E-state index < -0.39 is 0 Å².